The van der Waals surface area contributed by atoms with Gasteiger partial charge in [-0.05, 0) is 24.8 Å². The van der Waals surface area contributed by atoms with Gasteiger partial charge >= 0.3 is 0 Å². The monoisotopic (exact) mass is 209 g/mol. The zero-order valence-electron chi connectivity index (χ0n) is 9.28. The highest BCUT2D eigenvalue weighted by Gasteiger charge is 2.36. The number of amides is 1. The summed E-state index contributed by atoms with van der Waals surface area (Å²) in [6, 6.07) is 0.202. The lowest BCUT2D eigenvalue weighted by atomic mass is 9.93. The highest BCUT2D eigenvalue weighted by atomic mass is 16.3. The van der Waals surface area contributed by atoms with Gasteiger partial charge in [-0.15, -0.1) is 0 Å². The second kappa shape index (κ2) is 4.35. The maximum absolute atomic E-state index is 11.6. The molecule has 0 aromatic carbocycles. The molecule has 0 aliphatic carbocycles. The number of rotatable bonds is 3. The van der Waals surface area contributed by atoms with Gasteiger partial charge in [0.05, 0.1) is 12.1 Å². The summed E-state index contributed by atoms with van der Waals surface area (Å²) in [5, 5.41) is 10.0. The molecule has 0 saturated carbocycles. The van der Waals surface area contributed by atoms with Crippen molar-refractivity contribution in [3.05, 3.63) is 11.6 Å². The van der Waals surface area contributed by atoms with E-state index in [9.17, 15) is 9.90 Å². The predicted octanol–water partition coefficient (Wildman–Crippen LogP) is 1.47. The van der Waals surface area contributed by atoms with E-state index in [2.05, 4.69) is 13.0 Å². The van der Waals surface area contributed by atoms with Crippen LogP contribution in [0, 0.1) is 0 Å². The van der Waals surface area contributed by atoms with Crippen molar-refractivity contribution in [3.8, 4) is 0 Å². The predicted molar refractivity (Wildman–Crippen MR) is 58.3 cm³/mol. The maximum Gasteiger partial charge on any atom is 0.223 e. The van der Waals surface area contributed by atoms with Crippen LogP contribution in [0.15, 0.2) is 11.6 Å². The molecule has 3 nitrogen and oxygen atoms in total. The SMILES string of the molecule is CCCC(O)C1=CCCN2C(=O)CCC12. The number of carbonyl (C=O) groups excluding carboxylic acids is 1. The van der Waals surface area contributed by atoms with Gasteiger partial charge in [0.25, 0.3) is 0 Å². The molecule has 0 spiro atoms. The number of hydrogen-bond donors (Lipinski definition) is 1. The maximum atomic E-state index is 11.6. The molecule has 2 aliphatic heterocycles. The summed E-state index contributed by atoms with van der Waals surface area (Å²) < 4.78 is 0. The Hall–Kier alpha value is -0.830. The van der Waals surface area contributed by atoms with E-state index in [-0.39, 0.29) is 18.1 Å². The molecule has 0 radical (unpaired) electrons. The molecule has 1 N–H and O–H groups in total. The first-order valence-electron chi connectivity index (χ1n) is 5.91. The molecule has 0 aromatic rings. The van der Waals surface area contributed by atoms with E-state index in [0.717, 1.165) is 37.8 Å². The molecule has 1 fully saturated rings. The Morgan fingerprint density at radius 3 is 3.20 bits per heavy atom. The zero-order valence-corrected chi connectivity index (χ0v) is 9.28. The first kappa shape index (κ1) is 10.7. The van der Waals surface area contributed by atoms with Crippen molar-refractivity contribution >= 4 is 5.91 Å². The summed E-state index contributed by atoms with van der Waals surface area (Å²) in [6.45, 7) is 2.91. The largest absolute Gasteiger partial charge is 0.389 e. The van der Waals surface area contributed by atoms with E-state index < -0.39 is 0 Å². The third-order valence-electron chi connectivity index (χ3n) is 3.41. The van der Waals surface area contributed by atoms with E-state index in [1.807, 2.05) is 4.90 Å². The standard InChI is InChI=1S/C12H19NO2/c1-2-4-11(14)9-5-3-8-13-10(9)6-7-12(13)15/h5,10-11,14H,2-4,6-8H2,1H3. The zero-order chi connectivity index (χ0) is 10.8. The van der Waals surface area contributed by atoms with Crippen LogP contribution in [0.1, 0.15) is 39.0 Å². The Morgan fingerprint density at radius 2 is 2.47 bits per heavy atom. The number of hydrogen-bond acceptors (Lipinski definition) is 2. The number of aliphatic hydroxyl groups is 1. The Labute approximate surface area is 90.8 Å². The summed E-state index contributed by atoms with van der Waals surface area (Å²) in [4.78, 5) is 13.5. The van der Waals surface area contributed by atoms with Gasteiger partial charge in [-0.25, -0.2) is 0 Å². The molecule has 2 aliphatic rings. The molecule has 2 rings (SSSR count). The highest BCUT2D eigenvalue weighted by Crippen LogP contribution is 2.31. The lowest BCUT2D eigenvalue weighted by Gasteiger charge is -2.33. The van der Waals surface area contributed by atoms with Gasteiger partial charge in [0.2, 0.25) is 5.91 Å². The van der Waals surface area contributed by atoms with Gasteiger partial charge in [0.1, 0.15) is 0 Å². The Bertz CT molecular complexity index is 285. The first-order chi connectivity index (χ1) is 7.24. The van der Waals surface area contributed by atoms with Crippen molar-refractivity contribution in [2.75, 3.05) is 6.54 Å². The fourth-order valence-electron chi connectivity index (χ4n) is 2.67. The van der Waals surface area contributed by atoms with Crippen LogP contribution >= 0.6 is 0 Å². The quantitative estimate of drug-likeness (QED) is 0.715. The summed E-state index contributed by atoms with van der Waals surface area (Å²) in [5.41, 5.74) is 1.09. The van der Waals surface area contributed by atoms with Crippen molar-refractivity contribution < 1.29 is 9.90 Å². The third-order valence-corrected chi connectivity index (χ3v) is 3.41. The van der Waals surface area contributed by atoms with Crippen molar-refractivity contribution in [2.45, 2.75) is 51.2 Å². The second-order valence-electron chi connectivity index (χ2n) is 4.44. The molecular formula is C12H19NO2. The van der Waals surface area contributed by atoms with Gasteiger partial charge in [0, 0.05) is 13.0 Å². The van der Waals surface area contributed by atoms with Gasteiger partial charge < -0.3 is 10.0 Å². The second-order valence-corrected chi connectivity index (χ2v) is 4.44. The topological polar surface area (TPSA) is 40.5 Å². The van der Waals surface area contributed by atoms with E-state index >= 15 is 0 Å². The van der Waals surface area contributed by atoms with E-state index in [1.165, 1.54) is 0 Å². The van der Waals surface area contributed by atoms with E-state index in [0.29, 0.717) is 6.42 Å². The summed E-state index contributed by atoms with van der Waals surface area (Å²) >= 11 is 0. The number of fused-ring (bicyclic) bond motifs is 1. The molecular weight excluding hydrogens is 190 g/mol. The van der Waals surface area contributed by atoms with E-state index in [1.54, 1.807) is 0 Å². The molecule has 0 aromatic heterocycles. The summed E-state index contributed by atoms with van der Waals surface area (Å²) in [5.74, 6) is 0.259. The van der Waals surface area contributed by atoms with Gasteiger partial charge in [-0.3, -0.25) is 4.79 Å². The Kier molecular flexibility index (Phi) is 3.10. The van der Waals surface area contributed by atoms with Gasteiger partial charge in [-0.2, -0.15) is 0 Å². The fraction of sp³-hybridized carbons (Fsp3) is 0.750. The Morgan fingerprint density at radius 1 is 1.67 bits per heavy atom. The lowest BCUT2D eigenvalue weighted by Crippen LogP contribution is -2.40. The average Bonchev–Trinajstić information content (AvgIpc) is 2.61. The highest BCUT2D eigenvalue weighted by molar-refractivity contribution is 5.79. The molecule has 3 heteroatoms. The smallest absolute Gasteiger partial charge is 0.223 e. The van der Waals surface area contributed by atoms with Crippen molar-refractivity contribution in [1.29, 1.82) is 0 Å². The van der Waals surface area contributed by atoms with E-state index in [4.69, 9.17) is 0 Å². The third kappa shape index (κ3) is 1.93. The van der Waals surface area contributed by atoms with Crippen molar-refractivity contribution in [3.63, 3.8) is 0 Å². The van der Waals surface area contributed by atoms with Crippen molar-refractivity contribution in [2.24, 2.45) is 0 Å². The molecule has 2 unspecified atom stereocenters. The van der Waals surface area contributed by atoms with Crippen LogP contribution in [-0.4, -0.2) is 34.6 Å². The average molecular weight is 209 g/mol. The summed E-state index contributed by atoms with van der Waals surface area (Å²) in [7, 11) is 0. The van der Waals surface area contributed by atoms with Crippen LogP contribution in [0.5, 0.6) is 0 Å². The van der Waals surface area contributed by atoms with Crippen LogP contribution in [0.4, 0.5) is 0 Å². The molecule has 1 amide bonds. The minimum atomic E-state index is -0.339. The first-order valence-corrected chi connectivity index (χ1v) is 5.91. The minimum absolute atomic E-state index is 0.202. The molecule has 84 valence electrons. The van der Waals surface area contributed by atoms with Crippen LogP contribution in [0.25, 0.3) is 0 Å². The van der Waals surface area contributed by atoms with Crippen LogP contribution in [-0.2, 0) is 4.79 Å². The minimum Gasteiger partial charge on any atom is -0.389 e. The Balaban J connectivity index is 2.11. The molecule has 1 saturated heterocycles. The molecule has 15 heavy (non-hydrogen) atoms. The van der Waals surface area contributed by atoms with Crippen LogP contribution in [0.2, 0.25) is 0 Å². The normalized spacial score (nSPS) is 27.6. The lowest BCUT2D eigenvalue weighted by molar-refractivity contribution is -0.128. The number of carbonyl (C=O) groups is 1. The number of nitrogens with zero attached hydrogens (tertiary/aromatic N) is 1. The molecule has 2 heterocycles. The van der Waals surface area contributed by atoms with Crippen molar-refractivity contribution in [1.82, 2.24) is 4.90 Å². The fourth-order valence-corrected chi connectivity index (χ4v) is 2.67. The van der Waals surface area contributed by atoms with Crippen LogP contribution < -0.4 is 0 Å². The van der Waals surface area contributed by atoms with Crippen LogP contribution in [0.3, 0.4) is 0 Å². The molecule has 2 atom stereocenters. The number of aliphatic hydroxyl groups excluding tert-OH is 1. The summed E-state index contributed by atoms with van der Waals surface area (Å²) in [6.07, 6.45) is 6.04. The van der Waals surface area contributed by atoms with Gasteiger partial charge in [-0.1, -0.05) is 19.4 Å². The van der Waals surface area contributed by atoms with Gasteiger partial charge in [0.15, 0.2) is 0 Å². The molecule has 0 bridgehead atoms.